The quantitative estimate of drug-likeness (QED) is 0.805. The molecule has 0 aliphatic carbocycles. The molecule has 0 saturated carbocycles. The minimum Gasteiger partial charge on any atom is -0.478 e. The Balaban J connectivity index is 3.08. The van der Waals surface area contributed by atoms with E-state index in [0.717, 1.165) is 6.07 Å². The maximum absolute atomic E-state index is 13.5. The van der Waals surface area contributed by atoms with E-state index in [4.69, 9.17) is 10.8 Å². The second-order valence-electron chi connectivity index (χ2n) is 3.81. The van der Waals surface area contributed by atoms with Crippen LogP contribution in [0.1, 0.15) is 35.8 Å². The number of rotatable bonds is 3. The van der Waals surface area contributed by atoms with Gasteiger partial charge in [0.25, 0.3) is 0 Å². The number of hydrogen-bond acceptors (Lipinski definition) is 2. The third-order valence-corrected chi connectivity index (χ3v) is 2.32. The molecule has 1 rings (SSSR count). The molecule has 1 aromatic rings. The Hall–Kier alpha value is -1.42. The largest absolute Gasteiger partial charge is 0.478 e. The molecule has 0 saturated heterocycles. The summed E-state index contributed by atoms with van der Waals surface area (Å²) in [6, 6.07) is 3.39. The predicted octanol–water partition coefficient (Wildman–Crippen LogP) is 2.18. The van der Waals surface area contributed by atoms with Crippen molar-refractivity contribution in [2.75, 3.05) is 0 Å². The smallest absolute Gasteiger partial charge is 0.335 e. The van der Waals surface area contributed by atoms with Crippen molar-refractivity contribution in [1.29, 1.82) is 0 Å². The zero-order chi connectivity index (χ0) is 11.6. The van der Waals surface area contributed by atoms with E-state index < -0.39 is 17.8 Å². The highest BCUT2D eigenvalue weighted by atomic mass is 19.1. The highest BCUT2D eigenvalue weighted by molar-refractivity contribution is 5.87. The van der Waals surface area contributed by atoms with Gasteiger partial charge in [-0.3, -0.25) is 0 Å². The Morgan fingerprint density at radius 3 is 2.47 bits per heavy atom. The number of aromatic carboxylic acids is 1. The number of halogens is 1. The fraction of sp³-hybridized carbons (Fsp3) is 0.364. The van der Waals surface area contributed by atoms with E-state index in [1.54, 1.807) is 0 Å². The minimum atomic E-state index is -1.14. The lowest BCUT2D eigenvalue weighted by atomic mass is 9.96. The predicted molar refractivity (Wildman–Crippen MR) is 55.1 cm³/mol. The molecule has 0 fully saturated rings. The van der Waals surface area contributed by atoms with Gasteiger partial charge in [0.05, 0.1) is 5.56 Å². The van der Waals surface area contributed by atoms with E-state index in [-0.39, 0.29) is 11.5 Å². The van der Waals surface area contributed by atoms with Crippen LogP contribution in [-0.4, -0.2) is 11.1 Å². The van der Waals surface area contributed by atoms with Gasteiger partial charge in [-0.25, -0.2) is 9.18 Å². The number of benzene rings is 1. The van der Waals surface area contributed by atoms with Gasteiger partial charge in [0.15, 0.2) is 0 Å². The summed E-state index contributed by atoms with van der Waals surface area (Å²) in [5.41, 5.74) is 6.07. The average molecular weight is 211 g/mol. The Morgan fingerprint density at radius 1 is 1.47 bits per heavy atom. The molecule has 4 heteroatoms. The van der Waals surface area contributed by atoms with E-state index in [1.165, 1.54) is 12.1 Å². The number of carbonyl (C=O) groups is 1. The summed E-state index contributed by atoms with van der Waals surface area (Å²) in [5, 5.41) is 8.65. The van der Waals surface area contributed by atoms with E-state index in [1.807, 2.05) is 13.8 Å². The molecule has 0 aliphatic rings. The van der Waals surface area contributed by atoms with Gasteiger partial charge >= 0.3 is 5.97 Å². The van der Waals surface area contributed by atoms with Crippen LogP contribution >= 0.6 is 0 Å². The zero-order valence-electron chi connectivity index (χ0n) is 8.70. The van der Waals surface area contributed by atoms with Crippen LogP contribution < -0.4 is 5.73 Å². The normalized spacial score (nSPS) is 12.9. The molecular formula is C11H14FNO2. The minimum absolute atomic E-state index is 0.0628. The SMILES string of the molecule is CC(C)C(N)c1ccc(C(=O)O)cc1F. The van der Waals surface area contributed by atoms with Crippen molar-refractivity contribution in [3.05, 3.63) is 35.1 Å². The van der Waals surface area contributed by atoms with E-state index >= 15 is 0 Å². The highest BCUT2D eigenvalue weighted by Crippen LogP contribution is 2.22. The fourth-order valence-electron chi connectivity index (χ4n) is 1.29. The number of hydrogen-bond donors (Lipinski definition) is 2. The third kappa shape index (κ3) is 2.53. The standard InChI is InChI=1S/C11H14FNO2/c1-6(2)10(13)8-4-3-7(11(14)15)5-9(8)12/h3-6,10H,13H2,1-2H3,(H,14,15). The van der Waals surface area contributed by atoms with Crippen LogP contribution in [0.15, 0.2) is 18.2 Å². The van der Waals surface area contributed by atoms with Crippen LogP contribution in [0.2, 0.25) is 0 Å². The fourth-order valence-corrected chi connectivity index (χ4v) is 1.29. The molecule has 0 aromatic heterocycles. The Kier molecular flexibility index (Phi) is 3.42. The topological polar surface area (TPSA) is 63.3 Å². The van der Waals surface area contributed by atoms with Crippen molar-refractivity contribution in [2.24, 2.45) is 11.7 Å². The lowest BCUT2D eigenvalue weighted by Crippen LogP contribution is -2.18. The van der Waals surface area contributed by atoms with Crippen LogP contribution in [0.3, 0.4) is 0 Å². The second-order valence-corrected chi connectivity index (χ2v) is 3.81. The first-order valence-electron chi connectivity index (χ1n) is 4.71. The Labute approximate surface area is 87.7 Å². The second kappa shape index (κ2) is 4.40. The van der Waals surface area contributed by atoms with Gasteiger partial charge in [0.1, 0.15) is 5.82 Å². The summed E-state index contributed by atoms with van der Waals surface area (Å²) in [7, 11) is 0. The van der Waals surface area contributed by atoms with E-state index in [2.05, 4.69) is 0 Å². The van der Waals surface area contributed by atoms with E-state index in [9.17, 15) is 9.18 Å². The van der Waals surface area contributed by atoms with Gasteiger partial charge in [0.2, 0.25) is 0 Å². The van der Waals surface area contributed by atoms with Crippen LogP contribution in [0.25, 0.3) is 0 Å². The molecule has 3 nitrogen and oxygen atoms in total. The summed E-state index contributed by atoms with van der Waals surface area (Å²) in [6.45, 7) is 3.77. The zero-order valence-corrected chi connectivity index (χ0v) is 8.70. The van der Waals surface area contributed by atoms with Gasteiger partial charge < -0.3 is 10.8 Å². The van der Waals surface area contributed by atoms with Crippen molar-refractivity contribution in [2.45, 2.75) is 19.9 Å². The summed E-state index contributed by atoms with van der Waals surface area (Å²) in [6.07, 6.45) is 0. The Morgan fingerprint density at radius 2 is 2.07 bits per heavy atom. The summed E-state index contributed by atoms with van der Waals surface area (Å²) < 4.78 is 13.5. The molecule has 1 atom stereocenters. The van der Waals surface area contributed by atoms with Gasteiger partial charge in [-0.05, 0) is 18.1 Å². The first-order valence-corrected chi connectivity index (χ1v) is 4.71. The van der Waals surface area contributed by atoms with Gasteiger partial charge in [-0.15, -0.1) is 0 Å². The summed E-state index contributed by atoms with van der Waals surface area (Å²) in [4.78, 5) is 10.6. The van der Waals surface area contributed by atoms with Crippen LogP contribution in [0.4, 0.5) is 4.39 Å². The molecule has 0 amide bonds. The van der Waals surface area contributed by atoms with Crippen LogP contribution in [-0.2, 0) is 0 Å². The molecule has 3 N–H and O–H groups in total. The molecule has 0 radical (unpaired) electrons. The lowest BCUT2D eigenvalue weighted by molar-refractivity contribution is 0.0696. The van der Waals surface area contributed by atoms with Gasteiger partial charge in [0, 0.05) is 11.6 Å². The molecule has 1 unspecified atom stereocenters. The summed E-state index contributed by atoms with van der Waals surface area (Å²) >= 11 is 0. The van der Waals surface area contributed by atoms with Crippen molar-refractivity contribution >= 4 is 5.97 Å². The molecule has 0 heterocycles. The van der Waals surface area contributed by atoms with Crippen molar-refractivity contribution in [3.8, 4) is 0 Å². The number of carboxylic acid groups (broad SMARTS) is 1. The van der Waals surface area contributed by atoms with Crippen LogP contribution in [0.5, 0.6) is 0 Å². The first-order chi connectivity index (χ1) is 6.93. The van der Waals surface area contributed by atoms with Gasteiger partial charge in [-0.1, -0.05) is 19.9 Å². The van der Waals surface area contributed by atoms with Crippen molar-refractivity contribution < 1.29 is 14.3 Å². The molecule has 0 aliphatic heterocycles. The average Bonchev–Trinajstić information content (AvgIpc) is 2.16. The van der Waals surface area contributed by atoms with Crippen molar-refractivity contribution in [3.63, 3.8) is 0 Å². The molecule has 0 bridgehead atoms. The lowest BCUT2D eigenvalue weighted by Gasteiger charge is -2.16. The molecule has 0 spiro atoms. The van der Waals surface area contributed by atoms with Gasteiger partial charge in [-0.2, -0.15) is 0 Å². The van der Waals surface area contributed by atoms with E-state index in [0.29, 0.717) is 5.56 Å². The highest BCUT2D eigenvalue weighted by Gasteiger charge is 2.16. The maximum Gasteiger partial charge on any atom is 0.335 e. The first kappa shape index (κ1) is 11.7. The molecule has 82 valence electrons. The molecule has 1 aromatic carbocycles. The third-order valence-electron chi connectivity index (χ3n) is 2.32. The number of carboxylic acids is 1. The molecular weight excluding hydrogens is 197 g/mol. The number of nitrogens with two attached hydrogens (primary N) is 1. The maximum atomic E-state index is 13.5. The molecule has 15 heavy (non-hydrogen) atoms. The van der Waals surface area contributed by atoms with Crippen LogP contribution in [0, 0.1) is 11.7 Å². The summed E-state index contributed by atoms with van der Waals surface area (Å²) in [5.74, 6) is -1.59. The monoisotopic (exact) mass is 211 g/mol. The Bertz CT molecular complexity index is 377. The van der Waals surface area contributed by atoms with Crippen molar-refractivity contribution in [1.82, 2.24) is 0 Å².